The van der Waals surface area contributed by atoms with Gasteiger partial charge in [-0.05, 0) is 53.3 Å². The summed E-state index contributed by atoms with van der Waals surface area (Å²) < 4.78 is 2.31. The molecule has 0 atom stereocenters. The van der Waals surface area contributed by atoms with E-state index in [9.17, 15) is 0 Å². The van der Waals surface area contributed by atoms with E-state index in [1.54, 1.807) is 0 Å². The first-order valence-corrected chi connectivity index (χ1v) is 10.6. The van der Waals surface area contributed by atoms with Crippen LogP contribution in [0.4, 0.5) is 0 Å². The Labute approximate surface area is 176 Å². The van der Waals surface area contributed by atoms with Crippen molar-refractivity contribution in [2.45, 2.75) is 20.8 Å². The molecule has 2 heterocycles. The van der Waals surface area contributed by atoms with E-state index >= 15 is 0 Å². The summed E-state index contributed by atoms with van der Waals surface area (Å²) in [6, 6.07) is 32.4. The minimum Gasteiger partial charge on any atom is -0.292 e. The zero-order valence-electron chi connectivity index (χ0n) is 17.6. The summed E-state index contributed by atoms with van der Waals surface area (Å²) in [5.41, 5.74) is 8.11. The number of imidazole rings is 1. The summed E-state index contributed by atoms with van der Waals surface area (Å²) in [6.45, 7) is 6.15. The quantitative estimate of drug-likeness (QED) is 0.263. The molecule has 2 aromatic heterocycles. The summed E-state index contributed by atoms with van der Waals surface area (Å²) in [5, 5.41) is 3.70. The van der Waals surface area contributed by atoms with Crippen molar-refractivity contribution < 1.29 is 0 Å². The van der Waals surface area contributed by atoms with Gasteiger partial charge < -0.3 is 0 Å². The molecule has 2 heteroatoms. The highest BCUT2D eigenvalue weighted by atomic mass is 15.0. The first-order valence-electron chi connectivity index (χ1n) is 10.6. The smallest absolute Gasteiger partial charge is 0.146 e. The molecule has 0 radical (unpaired) electrons. The Kier molecular flexibility index (Phi) is 4.48. The number of hydrogen-bond acceptors (Lipinski definition) is 1. The Morgan fingerprint density at radius 2 is 1.33 bits per heavy atom. The summed E-state index contributed by atoms with van der Waals surface area (Å²) in [7, 11) is 0. The van der Waals surface area contributed by atoms with Gasteiger partial charge in [-0.3, -0.25) is 4.40 Å². The molecule has 30 heavy (non-hydrogen) atoms. The van der Waals surface area contributed by atoms with Gasteiger partial charge in [0.1, 0.15) is 5.65 Å². The second-order valence-corrected chi connectivity index (χ2v) is 7.41. The second-order valence-electron chi connectivity index (χ2n) is 7.41. The average Bonchev–Trinajstić information content (AvgIpc) is 3.21. The van der Waals surface area contributed by atoms with Crippen molar-refractivity contribution in [2.24, 2.45) is 0 Å². The molecular weight excluding hydrogens is 364 g/mol. The lowest BCUT2D eigenvalue weighted by Gasteiger charge is -2.11. The molecule has 0 bridgehead atoms. The molecule has 0 N–H and O–H groups in total. The van der Waals surface area contributed by atoms with Crippen molar-refractivity contribution in [3.05, 3.63) is 96.6 Å². The number of fused-ring (bicyclic) bond motifs is 8. The molecule has 0 aliphatic heterocycles. The third kappa shape index (κ3) is 2.76. The summed E-state index contributed by atoms with van der Waals surface area (Å²) in [5.74, 6) is 0. The Balaban J connectivity index is 0.000000937. The number of nitrogens with zero attached hydrogens (tertiary/aromatic N) is 2. The molecule has 0 unspecified atom stereocenters. The third-order valence-corrected chi connectivity index (χ3v) is 5.61. The maximum Gasteiger partial charge on any atom is 0.146 e. The Morgan fingerprint density at radius 1 is 0.600 bits per heavy atom. The molecule has 0 amide bonds. The SMILES string of the molecule is CC.Cc1ccc2c3ccc(-c4ccccc4)cc3c3nc4ccccc4n3c2c1. The van der Waals surface area contributed by atoms with E-state index in [1.807, 2.05) is 13.8 Å². The fourth-order valence-electron chi connectivity index (χ4n) is 4.28. The van der Waals surface area contributed by atoms with Crippen LogP contribution in [-0.4, -0.2) is 9.38 Å². The van der Waals surface area contributed by atoms with Crippen LogP contribution < -0.4 is 0 Å². The van der Waals surface area contributed by atoms with E-state index in [0.29, 0.717) is 0 Å². The van der Waals surface area contributed by atoms with Crippen molar-refractivity contribution in [1.29, 1.82) is 0 Å². The van der Waals surface area contributed by atoms with Gasteiger partial charge >= 0.3 is 0 Å². The Hall–Kier alpha value is -3.65. The predicted molar refractivity (Wildman–Crippen MR) is 129 cm³/mol. The summed E-state index contributed by atoms with van der Waals surface area (Å²) in [4.78, 5) is 5.02. The normalized spacial score (nSPS) is 11.2. The fraction of sp³-hybridized carbons (Fsp3) is 0.107. The van der Waals surface area contributed by atoms with Gasteiger partial charge in [0.2, 0.25) is 0 Å². The summed E-state index contributed by atoms with van der Waals surface area (Å²) >= 11 is 0. The van der Waals surface area contributed by atoms with Crippen molar-refractivity contribution in [1.82, 2.24) is 9.38 Å². The highest BCUT2D eigenvalue weighted by molar-refractivity contribution is 6.14. The molecule has 0 saturated carbocycles. The minimum absolute atomic E-state index is 1.02. The monoisotopic (exact) mass is 388 g/mol. The van der Waals surface area contributed by atoms with Crippen LogP contribution in [0.2, 0.25) is 0 Å². The lowest BCUT2D eigenvalue weighted by molar-refractivity contribution is 1.30. The van der Waals surface area contributed by atoms with Crippen molar-refractivity contribution >= 4 is 38.4 Å². The minimum atomic E-state index is 1.02. The molecule has 0 spiro atoms. The van der Waals surface area contributed by atoms with Crippen LogP contribution in [0.25, 0.3) is 49.5 Å². The molecule has 0 fully saturated rings. The predicted octanol–water partition coefficient (Wildman–Crippen LogP) is 7.80. The maximum absolute atomic E-state index is 5.02. The number of para-hydroxylation sites is 2. The van der Waals surface area contributed by atoms with Crippen LogP contribution in [0.15, 0.2) is 91.0 Å². The van der Waals surface area contributed by atoms with Crippen LogP contribution in [0.3, 0.4) is 0 Å². The fourth-order valence-corrected chi connectivity index (χ4v) is 4.28. The largest absolute Gasteiger partial charge is 0.292 e. The lowest BCUT2D eigenvalue weighted by Crippen LogP contribution is -1.92. The molecule has 2 nitrogen and oxygen atoms in total. The molecule has 6 rings (SSSR count). The van der Waals surface area contributed by atoms with Crippen LogP contribution in [0.5, 0.6) is 0 Å². The van der Waals surface area contributed by atoms with E-state index in [-0.39, 0.29) is 0 Å². The molecule has 6 aromatic rings. The van der Waals surface area contributed by atoms with Gasteiger partial charge in [-0.15, -0.1) is 0 Å². The number of aromatic nitrogens is 2. The highest BCUT2D eigenvalue weighted by Crippen LogP contribution is 2.35. The molecule has 4 aromatic carbocycles. The van der Waals surface area contributed by atoms with Gasteiger partial charge in [0, 0.05) is 10.8 Å². The molecule has 0 aliphatic rings. The van der Waals surface area contributed by atoms with Crippen molar-refractivity contribution in [3.63, 3.8) is 0 Å². The molecule has 0 aliphatic carbocycles. The average molecular weight is 389 g/mol. The number of rotatable bonds is 1. The van der Waals surface area contributed by atoms with E-state index in [0.717, 1.165) is 16.7 Å². The van der Waals surface area contributed by atoms with Gasteiger partial charge in [-0.1, -0.05) is 80.6 Å². The van der Waals surface area contributed by atoms with Gasteiger partial charge in [0.15, 0.2) is 0 Å². The molecule has 146 valence electrons. The second kappa shape index (κ2) is 7.31. The van der Waals surface area contributed by atoms with Crippen molar-refractivity contribution in [3.8, 4) is 11.1 Å². The number of aryl methyl sites for hydroxylation is 1. The van der Waals surface area contributed by atoms with Gasteiger partial charge in [-0.25, -0.2) is 4.98 Å². The standard InChI is InChI=1S/C26H18N2.C2H6/c1-17-11-13-21-20-14-12-19(18-7-3-2-4-8-18)16-22(20)26-27-23-9-5-6-10-24(23)28(26)25(21)15-17;1-2/h2-16H,1H3;1-2H3. The maximum atomic E-state index is 5.02. The zero-order chi connectivity index (χ0) is 20.7. The first kappa shape index (κ1) is 18.4. The van der Waals surface area contributed by atoms with Crippen LogP contribution in [-0.2, 0) is 0 Å². The molecule has 0 saturated heterocycles. The van der Waals surface area contributed by atoms with E-state index in [4.69, 9.17) is 4.98 Å². The van der Waals surface area contributed by atoms with Gasteiger partial charge in [0.05, 0.1) is 16.6 Å². The number of hydrogen-bond donors (Lipinski definition) is 0. The summed E-state index contributed by atoms with van der Waals surface area (Å²) in [6.07, 6.45) is 0. The van der Waals surface area contributed by atoms with E-state index in [2.05, 4.69) is 102 Å². The van der Waals surface area contributed by atoms with E-state index < -0.39 is 0 Å². The van der Waals surface area contributed by atoms with Crippen LogP contribution in [0.1, 0.15) is 19.4 Å². The topological polar surface area (TPSA) is 17.3 Å². The number of pyridine rings is 1. The van der Waals surface area contributed by atoms with Gasteiger partial charge in [-0.2, -0.15) is 0 Å². The van der Waals surface area contributed by atoms with Crippen LogP contribution >= 0.6 is 0 Å². The number of benzene rings is 4. The van der Waals surface area contributed by atoms with E-state index in [1.165, 1.54) is 38.4 Å². The Morgan fingerprint density at radius 3 is 2.17 bits per heavy atom. The third-order valence-electron chi connectivity index (χ3n) is 5.61. The van der Waals surface area contributed by atoms with Crippen molar-refractivity contribution in [2.75, 3.05) is 0 Å². The zero-order valence-corrected chi connectivity index (χ0v) is 17.6. The van der Waals surface area contributed by atoms with Crippen LogP contribution in [0, 0.1) is 6.92 Å². The van der Waals surface area contributed by atoms with Gasteiger partial charge in [0.25, 0.3) is 0 Å². The highest BCUT2D eigenvalue weighted by Gasteiger charge is 2.14. The lowest BCUT2D eigenvalue weighted by atomic mass is 9.99. The Bertz CT molecular complexity index is 1510. The molecular formula is C28H24N2. The first-order chi connectivity index (χ1) is 14.8.